The summed E-state index contributed by atoms with van der Waals surface area (Å²) in [5.74, 6) is 2.35. The highest BCUT2D eigenvalue weighted by Gasteiger charge is 2.03. The Hall–Kier alpha value is -1.90. The Morgan fingerprint density at radius 1 is 0.722 bits per heavy atom. The molecule has 0 bridgehead atoms. The van der Waals surface area contributed by atoms with E-state index in [1.807, 2.05) is 44.2 Å². The van der Waals surface area contributed by atoms with E-state index in [-0.39, 0.29) is 0 Å². The monoisotopic (exact) mass is 547 g/mol. The third-order valence-electron chi connectivity index (χ3n) is 4.88. The van der Waals surface area contributed by atoms with Crippen LogP contribution in [0.2, 0.25) is 0 Å². The standard InChI is InChI=1S/C7H12N2.3C7H11NS/c1-6(2)7-4-8-9(3)5-7;1-5(2)7-4-9-6(3)8-7;1-5(2)7-8-6(3)4-9-7;1-5(2)7-8-4-6(3)9-7/h4-6H,1-3H3;3*4-5H,1-3H3. The van der Waals surface area contributed by atoms with Crippen LogP contribution in [0.15, 0.2) is 29.4 Å². The Kier molecular flexibility index (Phi) is 14.3. The van der Waals surface area contributed by atoms with Crippen molar-refractivity contribution in [2.24, 2.45) is 7.05 Å². The van der Waals surface area contributed by atoms with Gasteiger partial charge >= 0.3 is 0 Å². The molecule has 0 saturated heterocycles. The van der Waals surface area contributed by atoms with Gasteiger partial charge in [0.2, 0.25) is 0 Å². The second kappa shape index (κ2) is 16.0. The quantitative estimate of drug-likeness (QED) is 0.255. The van der Waals surface area contributed by atoms with Gasteiger partial charge in [0.15, 0.2) is 0 Å². The van der Waals surface area contributed by atoms with E-state index in [0.717, 1.165) is 5.69 Å². The van der Waals surface area contributed by atoms with Gasteiger partial charge in [-0.25, -0.2) is 15.0 Å². The molecule has 0 unspecified atom stereocenters. The van der Waals surface area contributed by atoms with Crippen molar-refractivity contribution in [2.45, 2.75) is 99.8 Å². The summed E-state index contributed by atoms with van der Waals surface area (Å²) >= 11 is 5.25. The van der Waals surface area contributed by atoms with Gasteiger partial charge in [0, 0.05) is 52.6 Å². The zero-order valence-corrected chi connectivity index (χ0v) is 26.6. The zero-order chi connectivity index (χ0) is 27.4. The fourth-order valence-corrected chi connectivity index (χ4v) is 5.02. The second-order valence-corrected chi connectivity index (χ2v) is 13.2. The lowest BCUT2D eigenvalue weighted by atomic mass is 10.1. The van der Waals surface area contributed by atoms with E-state index >= 15 is 0 Å². The van der Waals surface area contributed by atoms with Crippen molar-refractivity contribution >= 4 is 34.0 Å². The van der Waals surface area contributed by atoms with Gasteiger partial charge in [0.25, 0.3) is 0 Å². The van der Waals surface area contributed by atoms with Crippen LogP contribution in [-0.4, -0.2) is 24.7 Å². The van der Waals surface area contributed by atoms with Crippen LogP contribution < -0.4 is 0 Å². The molecule has 0 amide bonds. The van der Waals surface area contributed by atoms with Crippen LogP contribution in [-0.2, 0) is 7.05 Å². The molecule has 0 aliphatic carbocycles. The molecule has 8 heteroatoms. The summed E-state index contributed by atoms with van der Waals surface area (Å²) in [5, 5.41) is 11.9. The molecule has 0 aliphatic heterocycles. The first-order chi connectivity index (χ1) is 16.8. The number of aryl methyl sites for hydroxylation is 4. The maximum absolute atomic E-state index is 4.33. The Morgan fingerprint density at radius 2 is 1.36 bits per heavy atom. The minimum atomic E-state index is 0.579. The summed E-state index contributed by atoms with van der Waals surface area (Å²) in [4.78, 5) is 14.2. The predicted octanol–water partition coefficient (Wildman–Crippen LogP) is 9.27. The molecule has 0 saturated carbocycles. The van der Waals surface area contributed by atoms with Crippen LogP contribution in [0.5, 0.6) is 0 Å². The highest BCUT2D eigenvalue weighted by atomic mass is 32.1. The Labute approximate surface area is 231 Å². The molecule has 0 spiro atoms. The topological polar surface area (TPSA) is 56.5 Å². The van der Waals surface area contributed by atoms with Gasteiger partial charge < -0.3 is 0 Å². The van der Waals surface area contributed by atoms with Crippen molar-refractivity contribution in [1.82, 2.24) is 24.7 Å². The first-order valence-electron chi connectivity index (χ1n) is 12.5. The molecule has 200 valence electrons. The lowest BCUT2D eigenvalue weighted by molar-refractivity contribution is 0.764. The van der Waals surface area contributed by atoms with Gasteiger partial charge in [-0.1, -0.05) is 55.4 Å². The van der Waals surface area contributed by atoms with Crippen LogP contribution in [0.25, 0.3) is 0 Å². The van der Waals surface area contributed by atoms with Gasteiger partial charge in [-0.15, -0.1) is 34.0 Å². The molecule has 0 aliphatic rings. The van der Waals surface area contributed by atoms with Crippen LogP contribution in [0, 0.1) is 20.8 Å². The summed E-state index contributed by atoms with van der Waals surface area (Å²) in [6, 6.07) is 0. The van der Waals surface area contributed by atoms with Crippen molar-refractivity contribution in [3.8, 4) is 0 Å². The first-order valence-corrected chi connectivity index (χ1v) is 15.1. The van der Waals surface area contributed by atoms with E-state index in [1.54, 1.807) is 34.0 Å². The third-order valence-corrected chi connectivity index (χ3v) is 8.15. The van der Waals surface area contributed by atoms with E-state index in [0.29, 0.717) is 23.7 Å². The Balaban J connectivity index is 0.000000240. The van der Waals surface area contributed by atoms with E-state index < -0.39 is 0 Å². The smallest absolute Gasteiger partial charge is 0.0953 e. The van der Waals surface area contributed by atoms with Crippen LogP contribution in [0.1, 0.15) is 116 Å². The highest BCUT2D eigenvalue weighted by Crippen LogP contribution is 2.20. The van der Waals surface area contributed by atoms with E-state index in [9.17, 15) is 0 Å². The Bertz CT molecular complexity index is 939. The van der Waals surface area contributed by atoms with E-state index in [4.69, 9.17) is 0 Å². The van der Waals surface area contributed by atoms with E-state index in [1.165, 1.54) is 31.2 Å². The van der Waals surface area contributed by atoms with Crippen LogP contribution >= 0.6 is 34.0 Å². The van der Waals surface area contributed by atoms with Crippen LogP contribution in [0.4, 0.5) is 0 Å². The van der Waals surface area contributed by atoms with Crippen molar-refractivity contribution in [1.29, 1.82) is 0 Å². The average molecular weight is 548 g/mol. The van der Waals surface area contributed by atoms with Crippen molar-refractivity contribution < 1.29 is 0 Å². The predicted molar refractivity (Wildman–Crippen MR) is 160 cm³/mol. The number of nitrogens with zero attached hydrogens (tertiary/aromatic N) is 5. The summed E-state index contributed by atoms with van der Waals surface area (Å²) in [6.07, 6.45) is 5.88. The van der Waals surface area contributed by atoms with Crippen molar-refractivity contribution in [3.63, 3.8) is 0 Å². The SMILES string of the molecule is CC(C)c1cnn(C)c1.Cc1cnc(C(C)C)s1.Cc1csc(C(C)C)n1.Cc1nc(C(C)C)cs1. The molecule has 4 heterocycles. The number of hydrogen-bond donors (Lipinski definition) is 0. The summed E-state index contributed by atoms with van der Waals surface area (Å²) < 4.78 is 1.83. The maximum atomic E-state index is 4.33. The summed E-state index contributed by atoms with van der Waals surface area (Å²) in [6.45, 7) is 23.5. The molecule has 5 nitrogen and oxygen atoms in total. The van der Waals surface area contributed by atoms with E-state index in [2.05, 4.69) is 93.1 Å². The molecule has 0 radical (unpaired) electrons. The third kappa shape index (κ3) is 12.4. The number of aromatic nitrogens is 5. The number of thiazole rings is 3. The number of hydrogen-bond acceptors (Lipinski definition) is 7. The summed E-state index contributed by atoms with van der Waals surface area (Å²) in [7, 11) is 1.94. The molecule has 0 N–H and O–H groups in total. The fourth-order valence-electron chi connectivity index (χ4n) is 2.66. The van der Waals surface area contributed by atoms with Gasteiger partial charge in [0.1, 0.15) is 0 Å². The average Bonchev–Trinajstić information content (AvgIpc) is 3.58. The molecule has 0 aromatic carbocycles. The van der Waals surface area contributed by atoms with Crippen LogP contribution in [0.3, 0.4) is 0 Å². The molecule has 36 heavy (non-hydrogen) atoms. The molecule has 0 fully saturated rings. The molecule has 4 aromatic heterocycles. The van der Waals surface area contributed by atoms with Gasteiger partial charge in [-0.05, 0) is 38.2 Å². The lowest BCUT2D eigenvalue weighted by Crippen LogP contribution is -1.85. The van der Waals surface area contributed by atoms with Crippen molar-refractivity contribution in [3.05, 3.63) is 66.2 Å². The fraction of sp³-hybridized carbons (Fsp3) is 0.571. The normalized spacial score (nSPS) is 10.7. The van der Waals surface area contributed by atoms with Gasteiger partial charge in [0.05, 0.1) is 26.9 Å². The number of rotatable bonds is 4. The zero-order valence-electron chi connectivity index (χ0n) is 24.2. The highest BCUT2D eigenvalue weighted by molar-refractivity contribution is 7.11. The second-order valence-electron chi connectivity index (χ2n) is 9.99. The van der Waals surface area contributed by atoms with Crippen molar-refractivity contribution in [2.75, 3.05) is 0 Å². The molecule has 4 aromatic rings. The molecule has 0 atom stereocenters. The molecular weight excluding hydrogens is 503 g/mol. The van der Waals surface area contributed by atoms with Gasteiger partial charge in [-0.3, -0.25) is 4.68 Å². The largest absolute Gasteiger partial charge is 0.276 e. The summed E-state index contributed by atoms with van der Waals surface area (Å²) in [5.41, 5.74) is 3.67. The first kappa shape index (κ1) is 32.1. The molecular formula is C28H45N5S3. The maximum Gasteiger partial charge on any atom is 0.0953 e. The minimum Gasteiger partial charge on any atom is -0.276 e. The Morgan fingerprint density at radius 3 is 1.58 bits per heavy atom. The minimum absolute atomic E-state index is 0.579. The van der Waals surface area contributed by atoms with Gasteiger partial charge in [-0.2, -0.15) is 5.10 Å². The lowest BCUT2D eigenvalue weighted by Gasteiger charge is -1.95. The molecule has 4 rings (SSSR count).